The van der Waals surface area contributed by atoms with Crippen LogP contribution in [0.3, 0.4) is 0 Å². The number of hydrogen-bond donors (Lipinski definition) is 2. The average Bonchev–Trinajstić information content (AvgIpc) is 2.71. The fourth-order valence-electron chi connectivity index (χ4n) is 0.860. The molecule has 6 nitrogen and oxygen atoms in total. The number of aromatic nitrogens is 4. The molecule has 0 bridgehead atoms. The van der Waals surface area contributed by atoms with Crippen molar-refractivity contribution in [2.45, 2.75) is 6.54 Å². The molecule has 0 aliphatic carbocycles. The molecule has 3 N–H and O–H groups in total. The summed E-state index contributed by atoms with van der Waals surface area (Å²) in [7, 11) is 0. The third kappa shape index (κ3) is 1.94. The second-order valence-electron chi connectivity index (χ2n) is 2.31. The van der Waals surface area contributed by atoms with Gasteiger partial charge in [0.2, 0.25) is 0 Å². The Morgan fingerprint density at radius 1 is 1.57 bits per heavy atom. The molecule has 0 aliphatic heterocycles. The van der Waals surface area contributed by atoms with Crippen LogP contribution in [-0.2, 0) is 6.54 Å². The molecular formula is C6H7BrClN5O. The number of halogens is 2. The molecule has 0 fully saturated rings. The first kappa shape index (κ1) is 11.2. The van der Waals surface area contributed by atoms with Gasteiger partial charge in [-0.3, -0.25) is 5.10 Å². The van der Waals surface area contributed by atoms with Crippen LogP contribution < -0.4 is 5.73 Å². The van der Waals surface area contributed by atoms with Crippen LogP contribution in [0.1, 0.15) is 5.82 Å². The van der Waals surface area contributed by atoms with Crippen molar-refractivity contribution in [1.82, 2.24) is 20.3 Å². The molecule has 2 heterocycles. The Hall–Kier alpha value is -0.920. The summed E-state index contributed by atoms with van der Waals surface area (Å²) in [5.74, 6) is 0.848. The van der Waals surface area contributed by atoms with E-state index in [0.717, 1.165) is 4.47 Å². The minimum absolute atomic E-state index is 0. The highest BCUT2D eigenvalue weighted by atomic mass is 79.9. The van der Waals surface area contributed by atoms with E-state index in [2.05, 4.69) is 36.3 Å². The summed E-state index contributed by atoms with van der Waals surface area (Å²) < 4.78 is 5.72. The Bertz CT molecular complexity index is 414. The van der Waals surface area contributed by atoms with Gasteiger partial charge < -0.3 is 10.3 Å². The average molecular weight is 281 g/mol. The maximum absolute atomic E-state index is 5.33. The first-order valence-electron chi connectivity index (χ1n) is 3.53. The van der Waals surface area contributed by atoms with Gasteiger partial charge in [-0.05, 0) is 15.9 Å². The van der Waals surface area contributed by atoms with Crippen molar-refractivity contribution in [2.75, 3.05) is 0 Å². The van der Waals surface area contributed by atoms with Gasteiger partial charge >= 0.3 is 0 Å². The Kier molecular flexibility index (Phi) is 3.62. The zero-order valence-electron chi connectivity index (χ0n) is 6.90. The fraction of sp³-hybridized carbons (Fsp3) is 0.167. The van der Waals surface area contributed by atoms with Crippen molar-refractivity contribution in [3.63, 3.8) is 0 Å². The van der Waals surface area contributed by atoms with Crippen LogP contribution in [0.2, 0.25) is 0 Å². The van der Waals surface area contributed by atoms with E-state index in [4.69, 9.17) is 10.3 Å². The van der Waals surface area contributed by atoms with Crippen LogP contribution in [0, 0.1) is 0 Å². The molecule has 0 atom stereocenters. The molecule has 2 aromatic heterocycles. The highest BCUT2D eigenvalue weighted by Crippen LogP contribution is 2.23. The Balaban J connectivity index is 0.000000980. The first-order chi connectivity index (χ1) is 6.31. The van der Waals surface area contributed by atoms with E-state index in [0.29, 0.717) is 17.4 Å². The number of nitrogens with one attached hydrogen (secondary N) is 1. The number of hydrogen-bond acceptors (Lipinski definition) is 5. The summed E-state index contributed by atoms with van der Waals surface area (Å²) in [5, 5.41) is 10.2. The summed E-state index contributed by atoms with van der Waals surface area (Å²) in [6.45, 7) is 0.259. The van der Waals surface area contributed by atoms with Crippen LogP contribution >= 0.6 is 28.3 Å². The minimum atomic E-state index is 0. The van der Waals surface area contributed by atoms with Crippen molar-refractivity contribution in [1.29, 1.82) is 0 Å². The van der Waals surface area contributed by atoms with E-state index in [1.54, 1.807) is 6.20 Å². The van der Waals surface area contributed by atoms with E-state index in [9.17, 15) is 0 Å². The molecule has 14 heavy (non-hydrogen) atoms. The summed E-state index contributed by atoms with van der Waals surface area (Å²) in [5.41, 5.74) is 5.99. The highest BCUT2D eigenvalue weighted by Gasteiger charge is 2.12. The van der Waals surface area contributed by atoms with Gasteiger partial charge in [-0.15, -0.1) is 12.4 Å². The molecule has 2 aromatic rings. The molecule has 0 aliphatic rings. The largest absolute Gasteiger partial charge is 0.332 e. The van der Waals surface area contributed by atoms with E-state index in [-0.39, 0.29) is 19.0 Å². The number of nitrogens with zero attached hydrogens (tertiary/aromatic N) is 3. The molecule has 0 amide bonds. The molecule has 2 rings (SSSR count). The van der Waals surface area contributed by atoms with Gasteiger partial charge in [0, 0.05) is 0 Å². The van der Waals surface area contributed by atoms with Crippen LogP contribution in [0.5, 0.6) is 0 Å². The molecule has 0 spiro atoms. The summed E-state index contributed by atoms with van der Waals surface area (Å²) in [4.78, 5) is 4.03. The third-order valence-electron chi connectivity index (χ3n) is 1.46. The van der Waals surface area contributed by atoms with Crippen molar-refractivity contribution >= 4 is 28.3 Å². The molecule has 0 saturated carbocycles. The van der Waals surface area contributed by atoms with Gasteiger partial charge in [0.15, 0.2) is 5.82 Å². The maximum atomic E-state index is 5.33. The van der Waals surface area contributed by atoms with Crippen molar-refractivity contribution in [3.05, 3.63) is 16.5 Å². The lowest BCUT2D eigenvalue weighted by Crippen LogP contribution is -1.97. The predicted octanol–water partition coefficient (Wildman–Crippen LogP) is 1.10. The lowest BCUT2D eigenvalue weighted by atomic mass is 10.4. The maximum Gasteiger partial charge on any atom is 0.277 e. The quantitative estimate of drug-likeness (QED) is 0.859. The molecule has 0 unspecified atom stereocenters. The lowest BCUT2D eigenvalue weighted by molar-refractivity contribution is 0.421. The van der Waals surface area contributed by atoms with E-state index in [1.807, 2.05) is 0 Å². The number of aromatic amines is 1. The van der Waals surface area contributed by atoms with Crippen LogP contribution in [0.4, 0.5) is 0 Å². The number of nitrogens with two attached hydrogens (primary N) is 1. The number of rotatable bonds is 2. The fourth-order valence-corrected chi connectivity index (χ4v) is 1.22. The minimum Gasteiger partial charge on any atom is -0.332 e. The van der Waals surface area contributed by atoms with Gasteiger partial charge in [-0.1, -0.05) is 5.16 Å². The van der Waals surface area contributed by atoms with Crippen molar-refractivity contribution in [2.24, 2.45) is 5.73 Å². The van der Waals surface area contributed by atoms with Gasteiger partial charge in [0.05, 0.1) is 17.2 Å². The monoisotopic (exact) mass is 279 g/mol. The summed E-state index contributed by atoms with van der Waals surface area (Å²) in [6.07, 6.45) is 1.61. The second-order valence-corrected chi connectivity index (χ2v) is 3.17. The van der Waals surface area contributed by atoms with Crippen LogP contribution in [0.15, 0.2) is 15.2 Å². The van der Waals surface area contributed by atoms with Crippen LogP contribution in [0.25, 0.3) is 11.6 Å². The first-order valence-corrected chi connectivity index (χ1v) is 4.32. The standard InChI is InChI=1S/C6H6BrN5O.ClH/c7-3-2-9-11-5(3)6-10-4(1-8)12-13-6;/h2H,1,8H2,(H,9,11);1H. The second kappa shape index (κ2) is 4.54. The van der Waals surface area contributed by atoms with Crippen LogP contribution in [-0.4, -0.2) is 20.3 Å². The number of H-pyrrole nitrogens is 1. The van der Waals surface area contributed by atoms with Gasteiger partial charge in [0.1, 0.15) is 5.69 Å². The van der Waals surface area contributed by atoms with E-state index >= 15 is 0 Å². The molecule has 8 heteroatoms. The van der Waals surface area contributed by atoms with Gasteiger partial charge in [-0.2, -0.15) is 10.1 Å². The normalized spacial score (nSPS) is 9.86. The smallest absolute Gasteiger partial charge is 0.277 e. The van der Waals surface area contributed by atoms with Gasteiger partial charge in [0.25, 0.3) is 5.89 Å². The lowest BCUT2D eigenvalue weighted by Gasteiger charge is -1.86. The predicted molar refractivity (Wildman–Crippen MR) is 54.7 cm³/mol. The molecular weight excluding hydrogens is 273 g/mol. The Morgan fingerprint density at radius 2 is 2.36 bits per heavy atom. The third-order valence-corrected chi connectivity index (χ3v) is 2.06. The molecule has 0 radical (unpaired) electrons. The van der Waals surface area contributed by atoms with E-state index < -0.39 is 0 Å². The molecule has 0 saturated heterocycles. The molecule has 0 aromatic carbocycles. The summed E-state index contributed by atoms with van der Waals surface area (Å²) in [6, 6.07) is 0. The Morgan fingerprint density at radius 3 is 2.86 bits per heavy atom. The van der Waals surface area contributed by atoms with Crippen molar-refractivity contribution in [3.8, 4) is 11.6 Å². The Labute approximate surface area is 93.8 Å². The zero-order chi connectivity index (χ0) is 9.26. The van der Waals surface area contributed by atoms with E-state index in [1.165, 1.54) is 0 Å². The van der Waals surface area contributed by atoms with Gasteiger partial charge in [-0.25, -0.2) is 0 Å². The molecule has 76 valence electrons. The van der Waals surface area contributed by atoms with Crippen molar-refractivity contribution < 1.29 is 4.52 Å². The SMILES string of the molecule is Cl.NCc1noc(-c2[nH]ncc2Br)n1. The zero-order valence-corrected chi connectivity index (χ0v) is 9.30. The summed E-state index contributed by atoms with van der Waals surface area (Å²) >= 11 is 3.28. The topological polar surface area (TPSA) is 93.6 Å². The highest BCUT2D eigenvalue weighted by molar-refractivity contribution is 9.10.